The number of nitrogens with zero attached hydrogens (tertiary/aromatic N) is 1. The molecule has 1 heterocycles. The van der Waals surface area contributed by atoms with Crippen molar-refractivity contribution in [2.24, 2.45) is 0 Å². The van der Waals surface area contributed by atoms with E-state index in [1.807, 2.05) is 30.3 Å². The molecule has 18 heavy (non-hydrogen) atoms. The highest BCUT2D eigenvalue weighted by molar-refractivity contribution is 5.86. The molecule has 0 aliphatic heterocycles. The lowest BCUT2D eigenvalue weighted by atomic mass is 10.1. The summed E-state index contributed by atoms with van der Waals surface area (Å²) in [6.45, 7) is 3.61. The normalized spacial score (nSPS) is 10.2. The van der Waals surface area contributed by atoms with Crippen molar-refractivity contribution in [3.63, 3.8) is 0 Å². The summed E-state index contributed by atoms with van der Waals surface area (Å²) in [4.78, 5) is 18.2. The predicted octanol–water partition coefficient (Wildman–Crippen LogP) is 2.43. The fourth-order valence-corrected chi connectivity index (χ4v) is 1.81. The number of carbonyl (C=O) groups is 1. The zero-order chi connectivity index (χ0) is 13.0. The number of H-pyrrole nitrogens is 1. The van der Waals surface area contributed by atoms with E-state index < -0.39 is 5.97 Å². The Morgan fingerprint density at radius 1 is 1.39 bits per heavy atom. The number of aromatic carboxylic acids is 1. The molecule has 0 aliphatic rings. The van der Waals surface area contributed by atoms with E-state index in [1.54, 1.807) is 6.08 Å². The molecule has 0 aliphatic carbocycles. The van der Waals surface area contributed by atoms with Crippen molar-refractivity contribution in [3.8, 4) is 0 Å². The first-order valence-corrected chi connectivity index (χ1v) is 5.66. The van der Waals surface area contributed by atoms with Gasteiger partial charge in [0.15, 0.2) is 5.69 Å². The summed E-state index contributed by atoms with van der Waals surface area (Å²) < 4.78 is 0. The highest BCUT2D eigenvalue weighted by atomic mass is 16.4. The van der Waals surface area contributed by atoms with Gasteiger partial charge >= 0.3 is 5.97 Å². The average molecular weight is 242 g/mol. The van der Waals surface area contributed by atoms with E-state index in [2.05, 4.69) is 16.5 Å². The molecule has 2 aromatic rings. The van der Waals surface area contributed by atoms with E-state index in [1.165, 1.54) is 0 Å². The monoisotopic (exact) mass is 242 g/mol. The zero-order valence-corrected chi connectivity index (χ0v) is 9.89. The number of hydrogen-bond donors (Lipinski definition) is 2. The highest BCUT2D eigenvalue weighted by Gasteiger charge is 2.15. The van der Waals surface area contributed by atoms with Crippen LogP contribution in [-0.2, 0) is 12.8 Å². The number of benzene rings is 1. The second-order valence-corrected chi connectivity index (χ2v) is 3.97. The lowest BCUT2D eigenvalue weighted by Gasteiger charge is -1.96. The topological polar surface area (TPSA) is 66.0 Å². The van der Waals surface area contributed by atoms with Gasteiger partial charge in [0.1, 0.15) is 5.82 Å². The third-order valence-electron chi connectivity index (χ3n) is 2.59. The summed E-state index contributed by atoms with van der Waals surface area (Å²) in [5, 5.41) is 9.05. The third-order valence-corrected chi connectivity index (χ3v) is 2.59. The second-order valence-electron chi connectivity index (χ2n) is 3.97. The van der Waals surface area contributed by atoms with E-state index in [0.717, 1.165) is 5.56 Å². The first-order chi connectivity index (χ1) is 8.70. The van der Waals surface area contributed by atoms with Gasteiger partial charge in [-0.3, -0.25) is 0 Å². The standard InChI is InChI=1S/C14H14N2O2/c1-2-6-11-13(14(17)18)16-12(15-11)9-10-7-4-3-5-8-10/h2-5,7-8H,1,6,9H2,(H,15,16)(H,17,18). The van der Waals surface area contributed by atoms with Crippen LogP contribution < -0.4 is 0 Å². The van der Waals surface area contributed by atoms with Gasteiger partial charge in [0.2, 0.25) is 0 Å². The van der Waals surface area contributed by atoms with Gasteiger partial charge in [-0.15, -0.1) is 6.58 Å². The van der Waals surface area contributed by atoms with E-state index in [4.69, 9.17) is 5.11 Å². The van der Waals surface area contributed by atoms with Crippen molar-refractivity contribution in [1.29, 1.82) is 0 Å². The minimum Gasteiger partial charge on any atom is -0.476 e. The molecule has 2 N–H and O–H groups in total. The molecule has 1 aromatic carbocycles. The van der Waals surface area contributed by atoms with Crippen LogP contribution in [0.25, 0.3) is 0 Å². The molecular weight excluding hydrogens is 228 g/mol. The third kappa shape index (κ3) is 2.66. The van der Waals surface area contributed by atoms with Gasteiger partial charge in [0, 0.05) is 12.8 Å². The number of allylic oxidation sites excluding steroid dienone is 1. The highest BCUT2D eigenvalue weighted by Crippen LogP contribution is 2.11. The summed E-state index contributed by atoms with van der Waals surface area (Å²) in [5.74, 6) is -0.349. The summed E-state index contributed by atoms with van der Waals surface area (Å²) in [7, 11) is 0. The molecule has 0 saturated carbocycles. The van der Waals surface area contributed by atoms with E-state index >= 15 is 0 Å². The van der Waals surface area contributed by atoms with Gasteiger partial charge in [-0.2, -0.15) is 0 Å². The van der Waals surface area contributed by atoms with Crippen molar-refractivity contribution < 1.29 is 9.90 Å². The van der Waals surface area contributed by atoms with Crippen molar-refractivity contribution in [1.82, 2.24) is 9.97 Å². The van der Waals surface area contributed by atoms with Gasteiger partial charge in [-0.25, -0.2) is 9.78 Å². The van der Waals surface area contributed by atoms with Crippen LogP contribution in [0.2, 0.25) is 0 Å². The number of carboxylic acid groups (broad SMARTS) is 1. The second kappa shape index (κ2) is 5.31. The van der Waals surface area contributed by atoms with Gasteiger partial charge in [-0.1, -0.05) is 36.4 Å². The van der Waals surface area contributed by atoms with Crippen molar-refractivity contribution in [3.05, 3.63) is 65.8 Å². The molecule has 92 valence electrons. The molecule has 0 fully saturated rings. The van der Waals surface area contributed by atoms with Crippen LogP contribution in [0.1, 0.15) is 27.6 Å². The molecule has 0 spiro atoms. The van der Waals surface area contributed by atoms with Crippen molar-refractivity contribution in [2.45, 2.75) is 12.8 Å². The molecule has 0 radical (unpaired) electrons. The lowest BCUT2D eigenvalue weighted by molar-refractivity contribution is 0.0690. The van der Waals surface area contributed by atoms with Gasteiger partial charge in [-0.05, 0) is 5.56 Å². The average Bonchev–Trinajstić information content (AvgIpc) is 2.74. The van der Waals surface area contributed by atoms with Crippen LogP contribution >= 0.6 is 0 Å². The maximum Gasteiger partial charge on any atom is 0.356 e. The molecule has 0 bridgehead atoms. The minimum atomic E-state index is -1.01. The molecule has 0 atom stereocenters. The van der Waals surface area contributed by atoms with Crippen LogP contribution in [0.3, 0.4) is 0 Å². The van der Waals surface area contributed by atoms with Crippen molar-refractivity contribution >= 4 is 5.97 Å². The Labute approximate surface area is 105 Å². The molecule has 4 heteroatoms. The largest absolute Gasteiger partial charge is 0.476 e. The minimum absolute atomic E-state index is 0.0841. The van der Waals surface area contributed by atoms with Crippen LogP contribution in [0.15, 0.2) is 43.0 Å². The van der Waals surface area contributed by atoms with Crippen LogP contribution in [0.5, 0.6) is 0 Å². The quantitative estimate of drug-likeness (QED) is 0.791. The number of carboxylic acids is 1. The zero-order valence-electron chi connectivity index (χ0n) is 9.89. The first kappa shape index (κ1) is 12.1. The Hall–Kier alpha value is -2.36. The number of imidazole rings is 1. The SMILES string of the molecule is C=CCc1[nH]c(Cc2ccccc2)nc1C(=O)O. The van der Waals surface area contributed by atoms with E-state index in [9.17, 15) is 4.79 Å². The summed E-state index contributed by atoms with van der Waals surface area (Å²) in [6, 6.07) is 9.80. The Balaban J connectivity index is 2.26. The number of aromatic nitrogens is 2. The maximum atomic E-state index is 11.0. The predicted molar refractivity (Wildman–Crippen MR) is 68.7 cm³/mol. The van der Waals surface area contributed by atoms with Gasteiger partial charge in [0.05, 0.1) is 5.69 Å². The Bertz CT molecular complexity index is 558. The number of hydrogen-bond acceptors (Lipinski definition) is 2. The fourth-order valence-electron chi connectivity index (χ4n) is 1.81. The molecule has 0 unspecified atom stereocenters. The summed E-state index contributed by atoms with van der Waals surface area (Å²) >= 11 is 0. The van der Waals surface area contributed by atoms with E-state index in [-0.39, 0.29) is 5.69 Å². The van der Waals surface area contributed by atoms with E-state index in [0.29, 0.717) is 24.4 Å². The smallest absolute Gasteiger partial charge is 0.356 e. The van der Waals surface area contributed by atoms with Crippen LogP contribution in [0, 0.1) is 0 Å². The summed E-state index contributed by atoms with van der Waals surface area (Å²) in [5.41, 5.74) is 1.78. The molecule has 2 rings (SSSR count). The van der Waals surface area contributed by atoms with Crippen LogP contribution in [0.4, 0.5) is 0 Å². The van der Waals surface area contributed by atoms with Crippen molar-refractivity contribution in [2.75, 3.05) is 0 Å². The van der Waals surface area contributed by atoms with Gasteiger partial charge in [0.25, 0.3) is 0 Å². The fraction of sp³-hybridized carbons (Fsp3) is 0.143. The number of rotatable bonds is 5. The first-order valence-electron chi connectivity index (χ1n) is 5.66. The molecule has 1 aromatic heterocycles. The Morgan fingerprint density at radius 3 is 2.72 bits per heavy atom. The Morgan fingerprint density at radius 2 is 2.11 bits per heavy atom. The maximum absolute atomic E-state index is 11.0. The summed E-state index contributed by atoms with van der Waals surface area (Å²) in [6.07, 6.45) is 2.73. The van der Waals surface area contributed by atoms with Gasteiger partial charge < -0.3 is 10.1 Å². The molecular formula is C14H14N2O2. The molecule has 4 nitrogen and oxygen atoms in total. The molecule has 0 amide bonds. The van der Waals surface area contributed by atoms with Crippen LogP contribution in [-0.4, -0.2) is 21.0 Å². The number of nitrogens with one attached hydrogen (secondary N) is 1. The molecule has 0 saturated heterocycles. The number of aromatic amines is 1. The Kier molecular flexibility index (Phi) is 3.57. The lowest BCUT2D eigenvalue weighted by Crippen LogP contribution is -2.01.